The van der Waals surface area contributed by atoms with Crippen LogP contribution in [0.15, 0.2) is 18.2 Å². The summed E-state index contributed by atoms with van der Waals surface area (Å²) in [6, 6.07) is 4.72. The number of carboxylic acids is 1. The number of carbonyl (C=O) groups is 1. The molecule has 5 heteroatoms. The smallest absolute Gasteiger partial charge is 0.337 e. The van der Waals surface area contributed by atoms with E-state index in [2.05, 4.69) is 10.6 Å². The molecule has 1 aliphatic rings. The van der Waals surface area contributed by atoms with Crippen LogP contribution in [-0.4, -0.2) is 30.2 Å². The highest BCUT2D eigenvalue weighted by Gasteiger charge is 2.19. The van der Waals surface area contributed by atoms with Gasteiger partial charge in [-0.15, -0.1) is 0 Å². The van der Waals surface area contributed by atoms with Crippen LogP contribution in [0.4, 0.5) is 10.1 Å². The number of hydrogen-bond donors (Lipinski definition) is 3. The molecule has 1 aliphatic carbocycles. The topological polar surface area (TPSA) is 61.4 Å². The number of nitrogens with one attached hydrogen (secondary N) is 2. The molecule has 0 heterocycles. The molecule has 98 valence electrons. The number of hydrogen-bond acceptors (Lipinski definition) is 3. The van der Waals surface area contributed by atoms with Gasteiger partial charge in [0.1, 0.15) is 5.82 Å². The third kappa shape index (κ3) is 3.43. The molecule has 18 heavy (non-hydrogen) atoms. The molecule has 0 aliphatic heterocycles. The van der Waals surface area contributed by atoms with Gasteiger partial charge in [0.2, 0.25) is 0 Å². The zero-order valence-corrected chi connectivity index (χ0v) is 10.1. The average Bonchev–Trinajstić information content (AvgIpc) is 3.14. The van der Waals surface area contributed by atoms with E-state index in [1.54, 1.807) is 0 Å². The Morgan fingerprint density at radius 1 is 1.39 bits per heavy atom. The normalized spacial score (nSPS) is 14.5. The van der Waals surface area contributed by atoms with Crippen molar-refractivity contribution in [3.8, 4) is 0 Å². The summed E-state index contributed by atoms with van der Waals surface area (Å²) in [5.74, 6) is -1.64. The van der Waals surface area contributed by atoms with E-state index in [0.29, 0.717) is 12.6 Å². The molecule has 0 amide bonds. The van der Waals surface area contributed by atoms with E-state index in [0.717, 1.165) is 13.0 Å². The summed E-state index contributed by atoms with van der Waals surface area (Å²) < 4.78 is 13.5. The van der Waals surface area contributed by atoms with Crippen LogP contribution >= 0.6 is 0 Å². The van der Waals surface area contributed by atoms with Gasteiger partial charge in [0.05, 0.1) is 11.3 Å². The fraction of sp³-hybridized carbons (Fsp3) is 0.462. The molecular weight excluding hydrogens is 235 g/mol. The van der Waals surface area contributed by atoms with Crippen LogP contribution in [0, 0.1) is 5.82 Å². The van der Waals surface area contributed by atoms with Gasteiger partial charge in [-0.1, -0.05) is 6.07 Å². The van der Waals surface area contributed by atoms with Gasteiger partial charge in [-0.05, 0) is 37.9 Å². The predicted molar refractivity (Wildman–Crippen MR) is 67.5 cm³/mol. The first kappa shape index (κ1) is 12.8. The van der Waals surface area contributed by atoms with Gasteiger partial charge in [-0.25, -0.2) is 9.18 Å². The summed E-state index contributed by atoms with van der Waals surface area (Å²) in [6.07, 6.45) is 3.32. The Labute approximate surface area is 105 Å². The molecule has 0 atom stereocenters. The van der Waals surface area contributed by atoms with Crippen molar-refractivity contribution in [3.63, 3.8) is 0 Å². The summed E-state index contributed by atoms with van der Waals surface area (Å²) in [4.78, 5) is 10.9. The van der Waals surface area contributed by atoms with Gasteiger partial charge in [-0.2, -0.15) is 0 Å². The summed E-state index contributed by atoms with van der Waals surface area (Å²) >= 11 is 0. The zero-order chi connectivity index (χ0) is 13.0. The molecule has 4 nitrogen and oxygen atoms in total. The molecule has 1 saturated carbocycles. The molecule has 1 fully saturated rings. The lowest BCUT2D eigenvalue weighted by Gasteiger charge is -2.10. The molecular formula is C13H17FN2O2. The molecule has 2 rings (SSSR count). The maximum absolute atomic E-state index is 13.5. The lowest BCUT2D eigenvalue weighted by molar-refractivity contribution is 0.0697. The first-order valence-corrected chi connectivity index (χ1v) is 6.17. The quantitative estimate of drug-likeness (QED) is 0.650. The van der Waals surface area contributed by atoms with Crippen LogP contribution in [0.3, 0.4) is 0 Å². The predicted octanol–water partition coefficient (Wildman–Crippen LogP) is 2.08. The molecule has 0 aromatic heterocycles. The van der Waals surface area contributed by atoms with Gasteiger partial charge >= 0.3 is 5.97 Å². The summed E-state index contributed by atoms with van der Waals surface area (Å²) in [5.41, 5.74) is 0.0570. The summed E-state index contributed by atoms with van der Waals surface area (Å²) in [6.45, 7) is 1.43. The Kier molecular flexibility index (Phi) is 4.15. The molecule has 0 spiro atoms. The van der Waals surface area contributed by atoms with Crippen LogP contribution in [0.5, 0.6) is 0 Å². The average molecular weight is 252 g/mol. The van der Waals surface area contributed by atoms with Crippen LogP contribution < -0.4 is 10.6 Å². The van der Waals surface area contributed by atoms with E-state index in [-0.39, 0.29) is 11.3 Å². The van der Waals surface area contributed by atoms with Gasteiger partial charge < -0.3 is 15.7 Å². The van der Waals surface area contributed by atoms with E-state index in [1.807, 2.05) is 0 Å². The van der Waals surface area contributed by atoms with Crippen molar-refractivity contribution >= 4 is 11.7 Å². The van der Waals surface area contributed by atoms with Crippen molar-refractivity contribution in [3.05, 3.63) is 29.6 Å². The third-order valence-electron chi connectivity index (χ3n) is 2.91. The Bertz CT molecular complexity index is 433. The molecule has 0 unspecified atom stereocenters. The van der Waals surface area contributed by atoms with Gasteiger partial charge in [0.25, 0.3) is 0 Å². The highest BCUT2D eigenvalue weighted by molar-refractivity contribution is 5.94. The van der Waals surface area contributed by atoms with E-state index in [4.69, 9.17) is 5.11 Å². The van der Waals surface area contributed by atoms with E-state index in [1.165, 1.54) is 31.0 Å². The lowest BCUT2D eigenvalue weighted by atomic mass is 10.1. The Hall–Kier alpha value is -1.62. The molecule has 0 bridgehead atoms. The van der Waals surface area contributed by atoms with E-state index >= 15 is 0 Å². The van der Waals surface area contributed by atoms with Gasteiger partial charge in [0, 0.05) is 12.6 Å². The number of aromatic carboxylic acids is 1. The van der Waals surface area contributed by atoms with Crippen molar-refractivity contribution in [1.82, 2.24) is 5.32 Å². The molecule has 0 radical (unpaired) electrons. The largest absolute Gasteiger partial charge is 0.478 e. The molecule has 1 aromatic rings. The highest BCUT2D eigenvalue weighted by atomic mass is 19.1. The highest BCUT2D eigenvalue weighted by Crippen LogP contribution is 2.20. The molecule has 0 saturated heterocycles. The second kappa shape index (κ2) is 5.82. The molecule has 1 aromatic carbocycles. The minimum atomic E-state index is -1.12. The van der Waals surface area contributed by atoms with Gasteiger partial charge in [-0.3, -0.25) is 0 Å². The lowest BCUT2D eigenvalue weighted by Crippen LogP contribution is -2.20. The zero-order valence-electron chi connectivity index (χ0n) is 10.1. The first-order valence-electron chi connectivity index (χ1n) is 6.17. The van der Waals surface area contributed by atoms with E-state index in [9.17, 15) is 9.18 Å². The van der Waals surface area contributed by atoms with Crippen molar-refractivity contribution in [2.24, 2.45) is 0 Å². The van der Waals surface area contributed by atoms with Crippen molar-refractivity contribution in [2.75, 3.05) is 18.4 Å². The van der Waals surface area contributed by atoms with Crippen LogP contribution in [-0.2, 0) is 0 Å². The summed E-state index contributed by atoms with van der Waals surface area (Å²) in [5, 5.41) is 15.2. The monoisotopic (exact) mass is 252 g/mol. The Balaban J connectivity index is 1.84. The van der Waals surface area contributed by atoms with Crippen molar-refractivity contribution in [1.29, 1.82) is 0 Å². The second-order valence-corrected chi connectivity index (χ2v) is 4.48. The third-order valence-corrected chi connectivity index (χ3v) is 2.91. The fourth-order valence-electron chi connectivity index (χ4n) is 1.78. The Morgan fingerprint density at radius 2 is 2.17 bits per heavy atom. The van der Waals surface area contributed by atoms with Crippen molar-refractivity contribution < 1.29 is 14.3 Å². The fourth-order valence-corrected chi connectivity index (χ4v) is 1.78. The number of anilines is 1. The first-order chi connectivity index (χ1) is 8.68. The van der Waals surface area contributed by atoms with Crippen LogP contribution in [0.1, 0.15) is 29.6 Å². The number of benzene rings is 1. The maximum Gasteiger partial charge on any atom is 0.337 e. The number of rotatable bonds is 7. The van der Waals surface area contributed by atoms with E-state index < -0.39 is 11.8 Å². The van der Waals surface area contributed by atoms with Crippen LogP contribution in [0.25, 0.3) is 0 Å². The summed E-state index contributed by atoms with van der Waals surface area (Å²) in [7, 11) is 0. The van der Waals surface area contributed by atoms with Crippen LogP contribution in [0.2, 0.25) is 0 Å². The second-order valence-electron chi connectivity index (χ2n) is 4.48. The molecule has 3 N–H and O–H groups in total. The number of carboxylic acid groups (broad SMARTS) is 1. The standard InChI is InChI=1S/C13H17FN2O2/c14-11-4-1-3-10(13(17)18)12(11)16-8-2-7-15-9-5-6-9/h1,3-4,9,15-16H,2,5-8H2,(H,17,18). The Morgan fingerprint density at radius 3 is 2.83 bits per heavy atom. The van der Waals surface area contributed by atoms with Crippen molar-refractivity contribution in [2.45, 2.75) is 25.3 Å². The SMILES string of the molecule is O=C(O)c1cccc(F)c1NCCCNC1CC1. The number of para-hydroxylation sites is 1. The minimum Gasteiger partial charge on any atom is -0.478 e. The number of halogens is 1. The minimum absolute atomic E-state index is 0.0230. The maximum atomic E-state index is 13.5. The van der Waals surface area contributed by atoms with Gasteiger partial charge in [0.15, 0.2) is 0 Å².